The number of aromatic amines is 1. The second kappa shape index (κ2) is 11.1. The van der Waals surface area contributed by atoms with Gasteiger partial charge in [0, 0.05) is 67.2 Å². The Morgan fingerprint density at radius 2 is 1.96 bits per heavy atom. The number of nitrogens with zero attached hydrogens (tertiary/aromatic N) is 8. The van der Waals surface area contributed by atoms with Gasteiger partial charge >= 0.3 is 6.18 Å². The molecule has 1 aliphatic heterocycles. The molecule has 1 N–H and O–H groups in total. The quantitative estimate of drug-likeness (QED) is 0.298. The molecule has 7 rings (SSSR count). The van der Waals surface area contributed by atoms with Crippen molar-refractivity contribution in [3.8, 4) is 23.2 Å². The molecule has 4 aromatic heterocycles. The summed E-state index contributed by atoms with van der Waals surface area (Å²) in [6.07, 6.45) is 6.91. The standard InChI is InChI=1S/C31H32F3N9O2/c1-41(21-2-3-21)29(44)19-12-25(31(32,33)34)40-26(13-19)45-23-6-4-22(5-7-23)42-16-30(17-42,9-10-35)43-15-20(14-39-43)27-24-8-11-36-28(24)38-18-37-27/h8,11-15,18,21-23H,2-7,9,16-17H2,1H3,(H,36,37,38)/t22-,23+. The lowest BCUT2D eigenvalue weighted by atomic mass is 9.82. The molecule has 0 bridgehead atoms. The maximum Gasteiger partial charge on any atom is 0.433 e. The minimum atomic E-state index is -4.70. The van der Waals surface area contributed by atoms with Crippen LogP contribution >= 0.6 is 0 Å². The van der Waals surface area contributed by atoms with Crippen LogP contribution in [0.4, 0.5) is 13.2 Å². The molecule has 1 amide bonds. The molecule has 4 aromatic rings. The Labute approximate surface area is 257 Å². The van der Waals surface area contributed by atoms with E-state index in [-0.39, 0.29) is 29.6 Å². The summed E-state index contributed by atoms with van der Waals surface area (Å²) in [5.41, 5.74) is 0.716. The van der Waals surface area contributed by atoms with Crippen LogP contribution in [-0.2, 0) is 11.7 Å². The average molecular weight is 620 g/mol. The number of hydrogen-bond acceptors (Lipinski definition) is 8. The van der Waals surface area contributed by atoms with E-state index in [0.717, 1.165) is 54.0 Å². The molecule has 0 radical (unpaired) electrons. The van der Waals surface area contributed by atoms with Crippen molar-refractivity contribution in [2.45, 2.75) is 74.8 Å². The summed E-state index contributed by atoms with van der Waals surface area (Å²) in [5, 5.41) is 15.2. The van der Waals surface area contributed by atoms with Crippen molar-refractivity contribution >= 4 is 16.9 Å². The predicted octanol–water partition coefficient (Wildman–Crippen LogP) is 4.78. The molecular formula is C31H32F3N9O2. The van der Waals surface area contributed by atoms with Crippen molar-refractivity contribution in [1.29, 1.82) is 5.26 Å². The first-order chi connectivity index (χ1) is 21.6. The monoisotopic (exact) mass is 619 g/mol. The van der Waals surface area contributed by atoms with Gasteiger partial charge in [0.05, 0.1) is 24.4 Å². The van der Waals surface area contributed by atoms with Crippen molar-refractivity contribution < 1.29 is 22.7 Å². The third-order valence-electron chi connectivity index (χ3n) is 9.30. The molecule has 3 aliphatic rings. The summed E-state index contributed by atoms with van der Waals surface area (Å²) >= 11 is 0. The lowest BCUT2D eigenvalue weighted by Crippen LogP contribution is -2.65. The number of ether oxygens (including phenoxy) is 1. The molecule has 0 spiro atoms. The number of rotatable bonds is 8. The van der Waals surface area contributed by atoms with Gasteiger partial charge < -0.3 is 14.6 Å². The van der Waals surface area contributed by atoms with E-state index in [1.807, 2.05) is 23.1 Å². The second-order valence-corrected chi connectivity index (χ2v) is 12.4. The lowest BCUT2D eigenvalue weighted by Gasteiger charge is -2.53. The molecule has 234 valence electrons. The minimum Gasteiger partial charge on any atom is -0.474 e. The third kappa shape index (κ3) is 5.61. The molecule has 0 unspecified atom stereocenters. The van der Waals surface area contributed by atoms with Crippen molar-refractivity contribution in [1.82, 2.24) is 39.5 Å². The largest absolute Gasteiger partial charge is 0.474 e. The molecule has 5 heterocycles. The van der Waals surface area contributed by atoms with Gasteiger partial charge in [-0.15, -0.1) is 0 Å². The molecule has 11 nitrogen and oxygen atoms in total. The number of halogens is 3. The summed E-state index contributed by atoms with van der Waals surface area (Å²) < 4.78 is 48.8. The van der Waals surface area contributed by atoms with E-state index < -0.39 is 23.3 Å². The number of aromatic nitrogens is 6. The number of H-pyrrole nitrogens is 1. The summed E-state index contributed by atoms with van der Waals surface area (Å²) in [6.45, 7) is 1.33. The Morgan fingerprint density at radius 1 is 1.18 bits per heavy atom. The van der Waals surface area contributed by atoms with Crippen LogP contribution in [0.1, 0.15) is 61.0 Å². The van der Waals surface area contributed by atoms with Gasteiger partial charge in [-0.25, -0.2) is 15.0 Å². The normalized spacial score (nSPS) is 21.7. The minimum absolute atomic E-state index is 0.0659. The molecule has 2 saturated carbocycles. The maximum atomic E-state index is 13.6. The molecule has 0 atom stereocenters. The maximum absolute atomic E-state index is 13.6. The van der Waals surface area contributed by atoms with Crippen LogP contribution in [0, 0.1) is 11.3 Å². The summed E-state index contributed by atoms with van der Waals surface area (Å²) in [4.78, 5) is 32.2. The highest BCUT2D eigenvalue weighted by atomic mass is 19.4. The Morgan fingerprint density at radius 3 is 2.67 bits per heavy atom. The summed E-state index contributed by atoms with van der Waals surface area (Å²) in [6, 6.07) is 6.71. The zero-order valence-corrected chi connectivity index (χ0v) is 24.7. The van der Waals surface area contributed by atoms with Crippen LogP contribution in [0.15, 0.2) is 43.1 Å². The predicted molar refractivity (Wildman–Crippen MR) is 156 cm³/mol. The van der Waals surface area contributed by atoms with Gasteiger partial charge in [-0.1, -0.05) is 0 Å². The SMILES string of the molecule is CN(C(=O)c1cc(O[C@H]2CC[C@@H](N3CC(CC#N)(n4cc(-c5ncnc6[nH]ccc56)cn4)C3)CC2)nc(C(F)(F)F)c1)C1CC1. The number of likely N-dealkylation sites (tertiary alicyclic amines) is 1. The fourth-order valence-corrected chi connectivity index (χ4v) is 6.62. The van der Waals surface area contributed by atoms with Crippen molar-refractivity contribution in [3.63, 3.8) is 0 Å². The molecule has 2 aliphatic carbocycles. The second-order valence-electron chi connectivity index (χ2n) is 12.4. The van der Waals surface area contributed by atoms with Gasteiger partial charge in [-0.2, -0.15) is 23.5 Å². The highest BCUT2D eigenvalue weighted by Gasteiger charge is 2.48. The van der Waals surface area contributed by atoms with Gasteiger partial charge in [0.1, 0.15) is 29.3 Å². The van der Waals surface area contributed by atoms with Crippen LogP contribution in [0.2, 0.25) is 0 Å². The van der Waals surface area contributed by atoms with Crippen molar-refractivity contribution in [2.75, 3.05) is 20.1 Å². The van der Waals surface area contributed by atoms with Gasteiger partial charge in [-0.05, 0) is 50.7 Å². The molecule has 14 heteroatoms. The fourth-order valence-electron chi connectivity index (χ4n) is 6.62. The van der Waals surface area contributed by atoms with E-state index in [2.05, 4.69) is 36.0 Å². The molecular weight excluding hydrogens is 587 g/mol. The number of alkyl halides is 3. The van der Waals surface area contributed by atoms with E-state index in [1.165, 1.54) is 17.3 Å². The number of hydrogen-bond donors (Lipinski definition) is 1. The van der Waals surface area contributed by atoms with Crippen LogP contribution in [0.3, 0.4) is 0 Å². The first-order valence-corrected chi connectivity index (χ1v) is 15.1. The molecule has 3 fully saturated rings. The van der Waals surface area contributed by atoms with Crippen LogP contribution < -0.4 is 4.74 Å². The molecule has 45 heavy (non-hydrogen) atoms. The zero-order valence-electron chi connectivity index (χ0n) is 24.7. The van der Waals surface area contributed by atoms with E-state index in [9.17, 15) is 23.2 Å². The van der Waals surface area contributed by atoms with Gasteiger partial charge in [-0.3, -0.25) is 14.4 Å². The smallest absolute Gasteiger partial charge is 0.433 e. The van der Waals surface area contributed by atoms with Crippen LogP contribution in [-0.4, -0.2) is 83.7 Å². The van der Waals surface area contributed by atoms with E-state index in [4.69, 9.17) is 4.74 Å². The molecule has 1 saturated heterocycles. The topological polar surface area (TPSA) is 129 Å². The van der Waals surface area contributed by atoms with Crippen molar-refractivity contribution in [3.05, 3.63) is 54.4 Å². The Bertz CT molecular complexity index is 1760. The summed E-state index contributed by atoms with van der Waals surface area (Å²) in [7, 11) is 1.61. The fraction of sp³-hybridized carbons (Fsp3) is 0.484. The van der Waals surface area contributed by atoms with Crippen LogP contribution in [0.25, 0.3) is 22.3 Å². The average Bonchev–Trinajstić information content (AvgIpc) is 3.53. The number of carbonyl (C=O) groups excluding carboxylic acids is 1. The number of nitrogens with one attached hydrogen (secondary N) is 1. The van der Waals surface area contributed by atoms with E-state index in [0.29, 0.717) is 32.4 Å². The van der Waals surface area contributed by atoms with Crippen LogP contribution in [0.5, 0.6) is 5.88 Å². The summed E-state index contributed by atoms with van der Waals surface area (Å²) in [5.74, 6) is -0.635. The van der Waals surface area contributed by atoms with Gasteiger partial charge in [0.25, 0.3) is 5.91 Å². The Kier molecular flexibility index (Phi) is 7.23. The number of pyridine rings is 1. The number of amides is 1. The number of nitriles is 1. The number of carbonyl (C=O) groups is 1. The molecule has 0 aromatic carbocycles. The highest BCUT2D eigenvalue weighted by molar-refractivity contribution is 5.95. The van der Waals surface area contributed by atoms with Gasteiger partial charge in [0.15, 0.2) is 0 Å². The third-order valence-corrected chi connectivity index (χ3v) is 9.30. The first-order valence-electron chi connectivity index (χ1n) is 15.1. The Hall–Kier alpha value is -4.51. The lowest BCUT2D eigenvalue weighted by molar-refractivity contribution is -0.141. The first kappa shape index (κ1) is 29.2. The zero-order chi connectivity index (χ0) is 31.3. The van der Waals surface area contributed by atoms with E-state index in [1.54, 1.807) is 13.2 Å². The highest BCUT2D eigenvalue weighted by Crippen LogP contribution is 2.39. The van der Waals surface area contributed by atoms with E-state index >= 15 is 0 Å². The van der Waals surface area contributed by atoms with Gasteiger partial charge in [0.2, 0.25) is 5.88 Å². The number of fused-ring (bicyclic) bond motifs is 1. The Balaban J connectivity index is 0.996. The van der Waals surface area contributed by atoms with Crippen molar-refractivity contribution in [2.24, 2.45) is 0 Å².